The fraction of sp³-hybridized carbons (Fsp3) is 0.0154. The summed E-state index contributed by atoms with van der Waals surface area (Å²) >= 11 is 0. The van der Waals surface area contributed by atoms with Crippen molar-refractivity contribution in [2.24, 2.45) is 0 Å². The molecule has 0 amide bonds. The van der Waals surface area contributed by atoms with Crippen molar-refractivity contribution in [2.75, 3.05) is 4.90 Å². The van der Waals surface area contributed by atoms with Crippen molar-refractivity contribution in [3.8, 4) is 50.2 Å². The first-order chi connectivity index (χ1) is 33.3. The minimum absolute atomic E-state index is 0.505. The third-order valence-electron chi connectivity index (χ3n) is 14.6. The first kappa shape index (κ1) is 37.6. The maximum absolute atomic E-state index is 2.52. The third kappa shape index (κ3) is 5.45. The van der Waals surface area contributed by atoms with Crippen LogP contribution in [0.1, 0.15) is 22.3 Å². The van der Waals surface area contributed by atoms with Crippen LogP contribution >= 0.6 is 0 Å². The van der Waals surface area contributed by atoms with Crippen LogP contribution in [0.2, 0.25) is 0 Å². The molecule has 1 unspecified atom stereocenters. The number of nitrogens with zero attached hydrogens (tertiary/aromatic N) is 2. The molecular formula is C65H42N2. The van der Waals surface area contributed by atoms with Gasteiger partial charge in [-0.2, -0.15) is 0 Å². The van der Waals surface area contributed by atoms with E-state index in [9.17, 15) is 0 Å². The number of para-hydroxylation sites is 4. The van der Waals surface area contributed by atoms with Gasteiger partial charge in [-0.05, 0) is 115 Å². The van der Waals surface area contributed by atoms with Crippen molar-refractivity contribution in [3.63, 3.8) is 0 Å². The fourth-order valence-electron chi connectivity index (χ4n) is 11.8. The number of hydrogen-bond acceptors (Lipinski definition) is 1. The lowest BCUT2D eigenvalue weighted by atomic mass is 9.65. The molecule has 2 nitrogen and oxygen atoms in total. The summed E-state index contributed by atoms with van der Waals surface area (Å²) in [6.45, 7) is 0. The molecule has 1 spiro atoms. The molecule has 2 heterocycles. The standard InChI is InChI=1S/C65H42N2/c1-2-17-43(18-3-1)46-21-14-22-48(41-46)51-24-7-11-31-60(51)66(61-34-15-20-45-19-4-5-23-50(45)61)49-38-35-44(36-39-49)47-37-40-53-52-25-6-9-28-56(52)65(59(53)42-47)57-29-10-13-33-63(57)67-62-32-12-8-26-54(62)55-27-16-30-58(65)64(55)67/h1-42H. The highest BCUT2D eigenvalue weighted by Gasteiger charge is 2.50. The summed E-state index contributed by atoms with van der Waals surface area (Å²) in [5.41, 5.74) is 21.7. The molecule has 0 saturated heterocycles. The van der Waals surface area contributed by atoms with Gasteiger partial charge in [-0.1, -0.05) is 206 Å². The molecule has 12 aromatic rings. The maximum atomic E-state index is 2.52. The van der Waals surface area contributed by atoms with Crippen LogP contribution in [0.5, 0.6) is 0 Å². The van der Waals surface area contributed by atoms with E-state index in [1.54, 1.807) is 0 Å². The second-order valence-electron chi connectivity index (χ2n) is 18.0. The van der Waals surface area contributed by atoms with Crippen LogP contribution in [0.3, 0.4) is 0 Å². The van der Waals surface area contributed by atoms with Gasteiger partial charge in [-0.15, -0.1) is 0 Å². The molecule has 312 valence electrons. The van der Waals surface area contributed by atoms with Gasteiger partial charge < -0.3 is 9.47 Å². The van der Waals surface area contributed by atoms with E-state index in [0.717, 1.165) is 17.1 Å². The first-order valence-electron chi connectivity index (χ1n) is 23.3. The lowest BCUT2D eigenvalue weighted by Crippen LogP contribution is -2.33. The highest BCUT2D eigenvalue weighted by atomic mass is 15.1. The van der Waals surface area contributed by atoms with E-state index in [2.05, 4.69) is 264 Å². The van der Waals surface area contributed by atoms with Crippen molar-refractivity contribution < 1.29 is 0 Å². The number of aromatic nitrogens is 1. The van der Waals surface area contributed by atoms with Crippen molar-refractivity contribution >= 4 is 49.6 Å². The molecule has 0 bridgehead atoms. The second-order valence-corrected chi connectivity index (χ2v) is 18.0. The molecule has 2 heteroatoms. The zero-order valence-electron chi connectivity index (χ0n) is 36.6. The van der Waals surface area contributed by atoms with Gasteiger partial charge in [0.15, 0.2) is 0 Å². The van der Waals surface area contributed by atoms with Gasteiger partial charge in [-0.3, -0.25) is 0 Å². The van der Waals surface area contributed by atoms with Gasteiger partial charge in [0.2, 0.25) is 0 Å². The van der Waals surface area contributed by atoms with Gasteiger partial charge >= 0.3 is 0 Å². The average Bonchev–Trinajstić information content (AvgIpc) is 3.90. The molecule has 1 aliphatic heterocycles. The van der Waals surface area contributed by atoms with Gasteiger partial charge in [-0.25, -0.2) is 0 Å². The summed E-state index contributed by atoms with van der Waals surface area (Å²) < 4.78 is 2.52. The van der Waals surface area contributed by atoms with E-state index in [-0.39, 0.29) is 0 Å². The lowest BCUT2D eigenvalue weighted by Gasteiger charge is -2.39. The summed E-state index contributed by atoms with van der Waals surface area (Å²) in [7, 11) is 0. The molecular weight excluding hydrogens is 809 g/mol. The zero-order valence-corrected chi connectivity index (χ0v) is 36.6. The van der Waals surface area contributed by atoms with Crippen LogP contribution in [0, 0.1) is 0 Å². The molecule has 0 fully saturated rings. The normalized spacial score (nSPS) is 14.3. The Labute approximate surface area is 389 Å². The van der Waals surface area contributed by atoms with Gasteiger partial charge in [0.1, 0.15) is 0 Å². The summed E-state index contributed by atoms with van der Waals surface area (Å²) in [4.78, 5) is 2.45. The molecule has 14 rings (SSSR count). The number of rotatable bonds is 6. The molecule has 0 saturated carbocycles. The zero-order chi connectivity index (χ0) is 44.1. The maximum Gasteiger partial charge on any atom is 0.0754 e. The Kier molecular flexibility index (Phi) is 8.23. The van der Waals surface area contributed by atoms with Crippen LogP contribution in [0.25, 0.3) is 82.8 Å². The van der Waals surface area contributed by atoms with Crippen LogP contribution in [-0.2, 0) is 5.41 Å². The van der Waals surface area contributed by atoms with Crippen LogP contribution in [0.4, 0.5) is 17.1 Å². The minimum atomic E-state index is -0.505. The Balaban J connectivity index is 0.945. The summed E-state index contributed by atoms with van der Waals surface area (Å²) in [5, 5.41) is 4.99. The van der Waals surface area contributed by atoms with Crippen LogP contribution < -0.4 is 4.90 Å². The highest BCUT2D eigenvalue weighted by Crippen LogP contribution is 2.61. The van der Waals surface area contributed by atoms with E-state index >= 15 is 0 Å². The summed E-state index contributed by atoms with van der Waals surface area (Å²) in [6, 6.07) is 94.3. The van der Waals surface area contributed by atoms with Crippen molar-refractivity contribution in [1.29, 1.82) is 0 Å². The monoisotopic (exact) mass is 850 g/mol. The minimum Gasteiger partial charge on any atom is -0.309 e. The van der Waals surface area contributed by atoms with Gasteiger partial charge in [0, 0.05) is 27.4 Å². The molecule has 0 radical (unpaired) electrons. The third-order valence-corrected chi connectivity index (χ3v) is 14.6. The van der Waals surface area contributed by atoms with Crippen molar-refractivity contribution in [1.82, 2.24) is 4.57 Å². The summed E-state index contributed by atoms with van der Waals surface area (Å²) in [5.74, 6) is 0. The Morgan fingerprint density at radius 1 is 0.313 bits per heavy atom. The van der Waals surface area contributed by atoms with Gasteiger partial charge in [0.25, 0.3) is 0 Å². The van der Waals surface area contributed by atoms with E-state index in [0.29, 0.717) is 0 Å². The highest BCUT2D eigenvalue weighted by molar-refractivity contribution is 6.13. The first-order valence-corrected chi connectivity index (χ1v) is 23.3. The topological polar surface area (TPSA) is 8.17 Å². The molecule has 1 aromatic heterocycles. The molecule has 1 atom stereocenters. The van der Waals surface area contributed by atoms with E-state index in [1.165, 1.54) is 105 Å². The van der Waals surface area contributed by atoms with Crippen molar-refractivity contribution in [2.45, 2.75) is 5.41 Å². The second kappa shape index (κ2) is 14.7. The SMILES string of the molecule is c1ccc(-c2cccc(-c3ccccc3N(c3ccc(-c4ccc5c(c4)C4(c6ccccc6-5)c5ccccc5-n5c6ccccc6c6cccc4c65)cc3)c3cccc4ccccc34)c2)cc1. The van der Waals surface area contributed by atoms with E-state index in [1.807, 2.05) is 0 Å². The molecule has 2 aliphatic rings. The van der Waals surface area contributed by atoms with Crippen LogP contribution in [0.15, 0.2) is 255 Å². The molecule has 67 heavy (non-hydrogen) atoms. The molecule has 1 aliphatic carbocycles. The number of fused-ring (bicyclic) bond motifs is 13. The van der Waals surface area contributed by atoms with Gasteiger partial charge in [0.05, 0.1) is 33.5 Å². The lowest BCUT2D eigenvalue weighted by molar-refractivity contribution is 0.749. The number of hydrogen-bond donors (Lipinski definition) is 0. The summed E-state index contributed by atoms with van der Waals surface area (Å²) in [6.07, 6.45) is 0. The largest absolute Gasteiger partial charge is 0.309 e. The Morgan fingerprint density at radius 3 is 1.78 bits per heavy atom. The number of anilines is 3. The van der Waals surface area contributed by atoms with Crippen molar-refractivity contribution in [3.05, 3.63) is 277 Å². The van der Waals surface area contributed by atoms with E-state index in [4.69, 9.17) is 0 Å². The smallest absolute Gasteiger partial charge is 0.0754 e. The van der Waals surface area contributed by atoms with Crippen LogP contribution in [-0.4, -0.2) is 4.57 Å². The Morgan fingerprint density at radius 2 is 0.881 bits per heavy atom. The predicted octanol–water partition coefficient (Wildman–Crippen LogP) is 17.1. The predicted molar refractivity (Wildman–Crippen MR) is 280 cm³/mol. The Bertz CT molecular complexity index is 3930. The number of benzene rings is 11. The fourth-order valence-corrected chi connectivity index (χ4v) is 11.8. The quantitative estimate of drug-likeness (QED) is 0.162. The Hall–Kier alpha value is -8.72. The average molecular weight is 851 g/mol. The van der Waals surface area contributed by atoms with E-state index < -0.39 is 5.41 Å². The molecule has 11 aromatic carbocycles. The molecule has 0 N–H and O–H groups in total.